The highest BCUT2D eigenvalue weighted by Crippen LogP contribution is 2.28. The predicted octanol–water partition coefficient (Wildman–Crippen LogP) is 2.43. The molecule has 20 heavy (non-hydrogen) atoms. The van der Waals surface area contributed by atoms with Crippen LogP contribution >= 0.6 is 0 Å². The third-order valence-corrected chi connectivity index (χ3v) is 2.55. The molecule has 0 heterocycles. The van der Waals surface area contributed by atoms with Gasteiger partial charge in [0.05, 0.1) is 0 Å². The molecule has 0 aliphatic rings. The lowest BCUT2D eigenvalue weighted by Crippen LogP contribution is -2.38. The fourth-order valence-electron chi connectivity index (χ4n) is 1.08. The topological polar surface area (TPSA) is 66.4 Å². The van der Waals surface area contributed by atoms with Gasteiger partial charge in [0.1, 0.15) is 11.1 Å². The lowest BCUT2D eigenvalue weighted by atomic mass is 9.92. The lowest BCUT2D eigenvalue weighted by Gasteiger charge is -2.19. The van der Waals surface area contributed by atoms with Gasteiger partial charge in [0, 0.05) is 0 Å². The average molecular weight is 297 g/mol. The van der Waals surface area contributed by atoms with Gasteiger partial charge >= 0.3 is 5.97 Å². The first-order valence-corrected chi connectivity index (χ1v) is 5.08. The molecule has 1 rings (SSSR count). The number of hydrogen-bond acceptors (Lipinski definition) is 2. The second-order valence-electron chi connectivity index (χ2n) is 4.33. The third-order valence-electron chi connectivity index (χ3n) is 2.55. The van der Waals surface area contributed by atoms with Crippen molar-refractivity contribution in [1.29, 1.82) is 0 Å². The highest BCUT2D eigenvalue weighted by Gasteiger charge is 2.38. The third kappa shape index (κ3) is 2.43. The molecule has 0 radical (unpaired) electrons. The van der Waals surface area contributed by atoms with Crippen LogP contribution in [-0.2, 0) is 9.59 Å². The molecular weight excluding hydrogens is 289 g/mol. The van der Waals surface area contributed by atoms with Gasteiger partial charge in [0.2, 0.25) is 11.7 Å². The van der Waals surface area contributed by atoms with Crippen molar-refractivity contribution in [3.05, 3.63) is 29.1 Å². The van der Waals surface area contributed by atoms with E-state index in [1.165, 1.54) is 5.32 Å². The zero-order valence-electron chi connectivity index (χ0n) is 10.2. The van der Waals surface area contributed by atoms with Crippen LogP contribution in [0.5, 0.6) is 0 Å². The van der Waals surface area contributed by atoms with E-state index in [2.05, 4.69) is 0 Å². The first-order chi connectivity index (χ1) is 9.01. The molecule has 0 aromatic heterocycles. The second-order valence-corrected chi connectivity index (χ2v) is 4.33. The van der Waals surface area contributed by atoms with Crippen LogP contribution in [0.25, 0.3) is 0 Å². The highest BCUT2D eigenvalue weighted by atomic mass is 19.2. The summed E-state index contributed by atoms with van der Waals surface area (Å²) < 4.78 is 65.1. The van der Waals surface area contributed by atoms with E-state index in [-0.39, 0.29) is 0 Å². The van der Waals surface area contributed by atoms with Crippen LogP contribution in [0.4, 0.5) is 27.6 Å². The molecule has 4 nitrogen and oxygen atoms in total. The minimum Gasteiger partial charge on any atom is -0.480 e. The Morgan fingerprint density at radius 2 is 1.25 bits per heavy atom. The number of carboxylic acids is 1. The van der Waals surface area contributed by atoms with Crippen LogP contribution in [-0.4, -0.2) is 17.0 Å². The van der Waals surface area contributed by atoms with Crippen LogP contribution in [0.3, 0.4) is 0 Å². The van der Waals surface area contributed by atoms with E-state index < -0.39 is 52.1 Å². The summed E-state index contributed by atoms with van der Waals surface area (Å²) in [6, 6.07) is 0. The Bertz CT molecular complexity index is 571. The van der Waals surface area contributed by atoms with Crippen molar-refractivity contribution in [2.45, 2.75) is 13.8 Å². The standard InChI is InChI=1S/C11H8F5NO3/c1-11(2,10(19)20)9(18)17-8-6(15)4(13)3(12)5(14)7(8)16/h1-2H3,(H,17,18)(H,19,20). The molecule has 1 aromatic rings. The fourth-order valence-corrected chi connectivity index (χ4v) is 1.08. The number of aliphatic carboxylic acids is 1. The summed E-state index contributed by atoms with van der Waals surface area (Å²) in [6.45, 7) is 1.80. The van der Waals surface area contributed by atoms with Crippen molar-refractivity contribution in [3.63, 3.8) is 0 Å². The van der Waals surface area contributed by atoms with Crippen LogP contribution < -0.4 is 5.32 Å². The van der Waals surface area contributed by atoms with E-state index in [1.54, 1.807) is 0 Å². The molecule has 0 bridgehead atoms. The number of anilines is 1. The summed E-state index contributed by atoms with van der Waals surface area (Å²) in [5.74, 6) is -14.4. The number of rotatable bonds is 3. The van der Waals surface area contributed by atoms with E-state index in [4.69, 9.17) is 5.11 Å². The van der Waals surface area contributed by atoms with Crippen molar-refractivity contribution < 1.29 is 36.6 Å². The molecule has 1 aromatic carbocycles. The Morgan fingerprint density at radius 1 is 0.900 bits per heavy atom. The minimum absolute atomic E-state index is 0.900. The Morgan fingerprint density at radius 3 is 1.60 bits per heavy atom. The van der Waals surface area contributed by atoms with Crippen LogP contribution in [0.15, 0.2) is 0 Å². The van der Waals surface area contributed by atoms with E-state index in [0.717, 1.165) is 13.8 Å². The van der Waals surface area contributed by atoms with Crippen molar-refractivity contribution in [2.75, 3.05) is 5.32 Å². The molecule has 2 N–H and O–H groups in total. The number of carbonyl (C=O) groups is 2. The van der Waals surface area contributed by atoms with Crippen LogP contribution in [0, 0.1) is 34.5 Å². The average Bonchev–Trinajstić information content (AvgIpc) is 2.38. The number of halogens is 5. The number of benzene rings is 1. The minimum atomic E-state index is -2.38. The first-order valence-electron chi connectivity index (χ1n) is 5.08. The van der Waals surface area contributed by atoms with Gasteiger partial charge in [-0.2, -0.15) is 0 Å². The zero-order valence-corrected chi connectivity index (χ0v) is 10.2. The normalized spacial score (nSPS) is 11.3. The molecule has 0 aliphatic carbocycles. The quantitative estimate of drug-likeness (QED) is 0.390. The Balaban J connectivity index is 3.31. The SMILES string of the molecule is CC(C)(C(=O)O)C(=O)Nc1c(F)c(F)c(F)c(F)c1F. The number of hydrogen-bond donors (Lipinski definition) is 2. The van der Waals surface area contributed by atoms with Gasteiger partial charge in [-0.25, -0.2) is 22.0 Å². The van der Waals surface area contributed by atoms with E-state index in [1.807, 2.05) is 0 Å². The monoisotopic (exact) mass is 297 g/mol. The van der Waals surface area contributed by atoms with Gasteiger partial charge in [-0.15, -0.1) is 0 Å². The second kappa shape index (κ2) is 5.06. The molecule has 0 saturated carbocycles. The van der Waals surface area contributed by atoms with Gasteiger partial charge in [0.25, 0.3) is 0 Å². The number of carboxylic acid groups (broad SMARTS) is 1. The largest absolute Gasteiger partial charge is 0.480 e. The molecular formula is C11H8F5NO3. The molecule has 9 heteroatoms. The summed E-state index contributed by atoms with van der Waals surface area (Å²) in [4.78, 5) is 22.3. The first kappa shape index (κ1) is 15.9. The maximum absolute atomic E-state index is 13.3. The fraction of sp³-hybridized carbons (Fsp3) is 0.273. The molecule has 110 valence electrons. The van der Waals surface area contributed by atoms with Crippen LogP contribution in [0.2, 0.25) is 0 Å². The van der Waals surface area contributed by atoms with Gasteiger partial charge in [-0.05, 0) is 13.8 Å². The Labute approximate surface area is 109 Å². The van der Waals surface area contributed by atoms with Crippen molar-refractivity contribution in [2.24, 2.45) is 5.41 Å². The maximum Gasteiger partial charge on any atom is 0.318 e. The molecule has 1 amide bonds. The van der Waals surface area contributed by atoms with Gasteiger partial charge in [0.15, 0.2) is 23.3 Å². The molecule has 0 fully saturated rings. The lowest BCUT2D eigenvalue weighted by molar-refractivity contribution is -0.151. The van der Waals surface area contributed by atoms with Gasteiger partial charge < -0.3 is 10.4 Å². The summed E-state index contributed by atoms with van der Waals surface area (Å²) in [6.07, 6.45) is 0. The summed E-state index contributed by atoms with van der Waals surface area (Å²) in [5, 5.41) is 10.1. The van der Waals surface area contributed by atoms with Crippen molar-refractivity contribution in [1.82, 2.24) is 0 Å². The van der Waals surface area contributed by atoms with Crippen molar-refractivity contribution in [3.8, 4) is 0 Å². The van der Waals surface area contributed by atoms with Crippen LogP contribution in [0.1, 0.15) is 13.8 Å². The van der Waals surface area contributed by atoms with Crippen molar-refractivity contribution >= 4 is 17.6 Å². The van der Waals surface area contributed by atoms with E-state index in [0.29, 0.717) is 0 Å². The maximum atomic E-state index is 13.3. The predicted molar refractivity (Wildman–Crippen MR) is 56.3 cm³/mol. The molecule has 0 atom stereocenters. The molecule has 0 spiro atoms. The van der Waals surface area contributed by atoms with E-state index in [9.17, 15) is 31.5 Å². The van der Waals surface area contributed by atoms with Gasteiger partial charge in [-0.3, -0.25) is 9.59 Å². The Kier molecular flexibility index (Phi) is 4.02. The van der Waals surface area contributed by atoms with Gasteiger partial charge in [-0.1, -0.05) is 0 Å². The molecule has 0 saturated heterocycles. The number of carbonyl (C=O) groups excluding carboxylic acids is 1. The highest BCUT2D eigenvalue weighted by molar-refractivity contribution is 6.07. The summed E-state index contributed by atoms with van der Waals surface area (Å²) in [5.41, 5.74) is -3.72. The van der Waals surface area contributed by atoms with E-state index >= 15 is 0 Å². The summed E-state index contributed by atoms with van der Waals surface area (Å²) in [7, 11) is 0. The number of nitrogens with one attached hydrogen (secondary N) is 1. The molecule has 0 unspecified atom stereocenters. The summed E-state index contributed by atoms with van der Waals surface area (Å²) >= 11 is 0. The Hall–Kier alpha value is -2.19. The number of amides is 1. The molecule has 0 aliphatic heterocycles. The zero-order chi connectivity index (χ0) is 15.8. The smallest absolute Gasteiger partial charge is 0.318 e.